The summed E-state index contributed by atoms with van der Waals surface area (Å²) in [5.74, 6) is 1.96. The van der Waals surface area contributed by atoms with Crippen molar-refractivity contribution in [2.75, 3.05) is 0 Å². The van der Waals surface area contributed by atoms with Crippen LogP contribution in [0.3, 0.4) is 0 Å². The topological polar surface area (TPSA) is 17.8 Å². The fourth-order valence-corrected chi connectivity index (χ4v) is 3.52. The smallest absolute Gasteiger partial charge is 0.0945 e. The number of imidazole rings is 1. The number of rotatable bonds is 8. The van der Waals surface area contributed by atoms with Gasteiger partial charge >= 0.3 is 0 Å². The summed E-state index contributed by atoms with van der Waals surface area (Å²) in [4.78, 5) is 4.14. The molecular formula is C17H30N2. The molecule has 0 aromatic carbocycles. The fourth-order valence-electron chi connectivity index (χ4n) is 3.52. The van der Waals surface area contributed by atoms with Gasteiger partial charge in [-0.25, -0.2) is 4.98 Å². The second kappa shape index (κ2) is 8.39. The zero-order chi connectivity index (χ0) is 13.3. The van der Waals surface area contributed by atoms with Gasteiger partial charge in [0.05, 0.1) is 6.33 Å². The minimum Gasteiger partial charge on any atom is -0.337 e. The van der Waals surface area contributed by atoms with E-state index < -0.39 is 0 Å². The summed E-state index contributed by atoms with van der Waals surface area (Å²) in [6.07, 6.45) is 20.4. The van der Waals surface area contributed by atoms with E-state index in [0.29, 0.717) is 0 Å². The average Bonchev–Trinajstić information content (AvgIpc) is 2.96. The van der Waals surface area contributed by atoms with E-state index in [9.17, 15) is 0 Å². The first-order valence-corrected chi connectivity index (χ1v) is 8.34. The molecule has 1 unspecified atom stereocenters. The molecular weight excluding hydrogens is 232 g/mol. The Kier molecular flexibility index (Phi) is 6.46. The highest BCUT2D eigenvalue weighted by molar-refractivity contribution is 4.76. The Morgan fingerprint density at radius 1 is 1.21 bits per heavy atom. The van der Waals surface area contributed by atoms with E-state index in [0.717, 1.165) is 18.4 Å². The third-order valence-corrected chi connectivity index (χ3v) is 4.71. The Hall–Kier alpha value is -0.790. The molecule has 1 heterocycles. The van der Waals surface area contributed by atoms with E-state index >= 15 is 0 Å². The zero-order valence-electron chi connectivity index (χ0n) is 12.6. The van der Waals surface area contributed by atoms with E-state index in [1.165, 1.54) is 64.2 Å². The number of aryl methyl sites for hydroxylation is 1. The molecule has 2 nitrogen and oxygen atoms in total. The molecule has 0 aliphatic heterocycles. The van der Waals surface area contributed by atoms with Crippen molar-refractivity contribution in [3.8, 4) is 0 Å². The molecule has 0 bridgehead atoms. The second-order valence-electron chi connectivity index (χ2n) is 6.34. The van der Waals surface area contributed by atoms with Gasteiger partial charge < -0.3 is 4.57 Å². The normalized spacial score (nSPS) is 18.6. The van der Waals surface area contributed by atoms with Crippen LogP contribution in [0.25, 0.3) is 0 Å². The summed E-state index contributed by atoms with van der Waals surface area (Å²) in [5, 5.41) is 0. The Balaban J connectivity index is 1.76. The highest BCUT2D eigenvalue weighted by atomic mass is 15.0. The molecule has 2 heteroatoms. The van der Waals surface area contributed by atoms with Crippen molar-refractivity contribution >= 4 is 0 Å². The van der Waals surface area contributed by atoms with Crippen molar-refractivity contribution in [1.82, 2.24) is 9.55 Å². The van der Waals surface area contributed by atoms with Gasteiger partial charge in [0.1, 0.15) is 0 Å². The van der Waals surface area contributed by atoms with Crippen molar-refractivity contribution < 1.29 is 0 Å². The number of unbranched alkanes of at least 4 members (excludes halogenated alkanes) is 1. The van der Waals surface area contributed by atoms with Crippen LogP contribution in [0.5, 0.6) is 0 Å². The van der Waals surface area contributed by atoms with Gasteiger partial charge in [-0.2, -0.15) is 0 Å². The van der Waals surface area contributed by atoms with Crippen molar-refractivity contribution in [2.45, 2.75) is 77.7 Å². The number of nitrogens with zero attached hydrogens (tertiary/aromatic N) is 2. The minimum absolute atomic E-state index is 0.936. The van der Waals surface area contributed by atoms with E-state index in [-0.39, 0.29) is 0 Å². The first-order valence-electron chi connectivity index (χ1n) is 8.34. The molecule has 0 amide bonds. The van der Waals surface area contributed by atoms with Crippen LogP contribution in [0.15, 0.2) is 18.7 Å². The standard InChI is InChI=1S/C17H30N2/c1-2-3-7-17(10-12-19-13-11-18-15-19)14-16-8-5-4-6-9-16/h11,13,15-17H,2-10,12,14H2,1H3. The Bertz CT molecular complexity index is 312. The van der Waals surface area contributed by atoms with Crippen LogP contribution in [-0.2, 0) is 6.54 Å². The van der Waals surface area contributed by atoms with Crippen molar-refractivity contribution in [3.05, 3.63) is 18.7 Å². The molecule has 0 N–H and O–H groups in total. The van der Waals surface area contributed by atoms with Gasteiger partial charge in [-0.05, 0) is 24.7 Å². The predicted molar refractivity (Wildman–Crippen MR) is 81.1 cm³/mol. The monoisotopic (exact) mass is 262 g/mol. The number of hydrogen-bond donors (Lipinski definition) is 0. The average molecular weight is 262 g/mol. The summed E-state index contributed by atoms with van der Waals surface area (Å²) in [5.41, 5.74) is 0. The molecule has 1 fully saturated rings. The van der Waals surface area contributed by atoms with Gasteiger partial charge in [-0.1, -0.05) is 58.3 Å². The van der Waals surface area contributed by atoms with E-state index in [2.05, 4.69) is 22.7 Å². The van der Waals surface area contributed by atoms with Crippen LogP contribution in [0.4, 0.5) is 0 Å². The highest BCUT2D eigenvalue weighted by Gasteiger charge is 2.18. The quantitative estimate of drug-likeness (QED) is 0.641. The third-order valence-electron chi connectivity index (χ3n) is 4.71. The second-order valence-corrected chi connectivity index (χ2v) is 6.34. The molecule has 1 saturated carbocycles. The lowest BCUT2D eigenvalue weighted by Crippen LogP contribution is -2.14. The Morgan fingerprint density at radius 2 is 2.05 bits per heavy atom. The van der Waals surface area contributed by atoms with Gasteiger partial charge in [0.2, 0.25) is 0 Å². The lowest BCUT2D eigenvalue weighted by molar-refractivity contribution is 0.260. The molecule has 1 aliphatic carbocycles. The van der Waals surface area contributed by atoms with Crippen molar-refractivity contribution in [1.29, 1.82) is 0 Å². The Labute approximate surface area is 118 Å². The number of aromatic nitrogens is 2. The van der Waals surface area contributed by atoms with Crippen molar-refractivity contribution in [3.63, 3.8) is 0 Å². The SMILES string of the molecule is CCCCC(CCn1ccnc1)CC1CCCCC1. The molecule has 1 aliphatic rings. The van der Waals surface area contributed by atoms with Crippen LogP contribution in [0.2, 0.25) is 0 Å². The first-order chi connectivity index (χ1) is 9.38. The van der Waals surface area contributed by atoms with E-state index in [1.807, 2.05) is 12.5 Å². The summed E-state index contributed by atoms with van der Waals surface area (Å²) in [7, 11) is 0. The van der Waals surface area contributed by atoms with Crippen LogP contribution in [-0.4, -0.2) is 9.55 Å². The fraction of sp³-hybridized carbons (Fsp3) is 0.824. The van der Waals surface area contributed by atoms with Gasteiger partial charge in [0, 0.05) is 18.9 Å². The van der Waals surface area contributed by atoms with Crippen LogP contribution < -0.4 is 0 Å². The summed E-state index contributed by atoms with van der Waals surface area (Å²) in [6.45, 7) is 3.47. The van der Waals surface area contributed by atoms with Gasteiger partial charge in [0.25, 0.3) is 0 Å². The van der Waals surface area contributed by atoms with Crippen molar-refractivity contribution in [2.24, 2.45) is 11.8 Å². The maximum absolute atomic E-state index is 4.14. The van der Waals surface area contributed by atoms with Gasteiger partial charge in [-0.15, -0.1) is 0 Å². The first kappa shape index (κ1) is 14.6. The lowest BCUT2D eigenvalue weighted by atomic mass is 9.80. The third kappa shape index (κ3) is 5.38. The molecule has 0 spiro atoms. The molecule has 108 valence electrons. The minimum atomic E-state index is 0.936. The van der Waals surface area contributed by atoms with Crippen LogP contribution in [0.1, 0.15) is 71.1 Å². The molecule has 0 radical (unpaired) electrons. The summed E-state index contributed by atoms with van der Waals surface area (Å²) >= 11 is 0. The predicted octanol–water partition coefficient (Wildman–Crippen LogP) is 5.05. The van der Waals surface area contributed by atoms with E-state index in [4.69, 9.17) is 0 Å². The maximum Gasteiger partial charge on any atom is 0.0945 e. The van der Waals surface area contributed by atoms with Gasteiger partial charge in [-0.3, -0.25) is 0 Å². The molecule has 1 aromatic heterocycles. The van der Waals surface area contributed by atoms with Crippen LogP contribution in [0, 0.1) is 11.8 Å². The lowest BCUT2D eigenvalue weighted by Gasteiger charge is -2.26. The van der Waals surface area contributed by atoms with E-state index in [1.54, 1.807) is 0 Å². The highest BCUT2D eigenvalue weighted by Crippen LogP contribution is 2.32. The summed E-state index contributed by atoms with van der Waals surface area (Å²) in [6, 6.07) is 0. The maximum atomic E-state index is 4.14. The largest absolute Gasteiger partial charge is 0.337 e. The summed E-state index contributed by atoms with van der Waals surface area (Å²) < 4.78 is 2.24. The molecule has 1 aromatic rings. The zero-order valence-corrected chi connectivity index (χ0v) is 12.6. The van der Waals surface area contributed by atoms with Gasteiger partial charge in [0.15, 0.2) is 0 Å². The molecule has 1 atom stereocenters. The number of hydrogen-bond acceptors (Lipinski definition) is 1. The molecule has 19 heavy (non-hydrogen) atoms. The van der Waals surface area contributed by atoms with Crippen LogP contribution >= 0.6 is 0 Å². The Morgan fingerprint density at radius 3 is 2.74 bits per heavy atom. The molecule has 2 rings (SSSR count). The molecule has 0 saturated heterocycles.